The number of sulfone groups is 1. The molecule has 0 aliphatic carbocycles. The average molecular weight is 544 g/mol. The van der Waals surface area contributed by atoms with Gasteiger partial charge in [0.1, 0.15) is 9.23 Å². The fourth-order valence-corrected chi connectivity index (χ4v) is 5.78. The first kappa shape index (κ1) is 26.2. The van der Waals surface area contributed by atoms with Crippen molar-refractivity contribution in [2.75, 3.05) is 36.6 Å². The van der Waals surface area contributed by atoms with Crippen LogP contribution in [0.15, 0.2) is 40.1 Å². The van der Waals surface area contributed by atoms with Crippen LogP contribution in [0.5, 0.6) is 0 Å². The van der Waals surface area contributed by atoms with E-state index in [9.17, 15) is 13.2 Å². The van der Waals surface area contributed by atoms with Crippen LogP contribution < -0.4 is 16.0 Å². The highest BCUT2D eigenvalue weighted by Crippen LogP contribution is 2.35. The fraction of sp³-hybridized carbons (Fsp3) is 0.286. The molecule has 0 spiro atoms. The van der Waals surface area contributed by atoms with E-state index in [1.807, 2.05) is 0 Å². The number of aromatic nitrogens is 2. The largest absolute Gasteiger partial charge is 0.337 e. The topological polar surface area (TPSA) is 116 Å². The molecular formula is C21H24Cl2N6O3S2. The molecular weight excluding hydrogens is 519 g/mol. The number of thiophene rings is 1. The molecule has 0 fully saturated rings. The van der Waals surface area contributed by atoms with E-state index in [0.717, 1.165) is 11.3 Å². The Labute approximate surface area is 212 Å². The zero-order valence-corrected chi connectivity index (χ0v) is 22.0. The molecule has 0 radical (unpaired) electrons. The van der Waals surface area contributed by atoms with Crippen molar-refractivity contribution in [1.29, 1.82) is 0 Å². The predicted octanol–water partition coefficient (Wildman–Crippen LogP) is 5.01. The average Bonchev–Trinajstić information content (AvgIpc) is 3.21. The maximum atomic E-state index is 12.6. The molecule has 34 heavy (non-hydrogen) atoms. The first-order valence-electron chi connectivity index (χ1n) is 10.1. The Morgan fingerprint density at radius 2 is 1.85 bits per heavy atom. The molecule has 0 saturated carbocycles. The molecule has 182 valence electrons. The predicted molar refractivity (Wildman–Crippen MR) is 139 cm³/mol. The van der Waals surface area contributed by atoms with Gasteiger partial charge in [-0.05, 0) is 57.6 Å². The number of hydrogen-bond donors (Lipinski definition) is 3. The lowest BCUT2D eigenvalue weighted by Crippen LogP contribution is -2.27. The van der Waals surface area contributed by atoms with Gasteiger partial charge in [-0.25, -0.2) is 13.4 Å². The Hall–Kier alpha value is -2.44. The van der Waals surface area contributed by atoms with E-state index < -0.39 is 15.1 Å². The van der Waals surface area contributed by atoms with E-state index >= 15 is 0 Å². The van der Waals surface area contributed by atoms with Crippen molar-refractivity contribution in [3.8, 4) is 0 Å². The lowest BCUT2D eigenvalue weighted by atomic mass is 10.2. The summed E-state index contributed by atoms with van der Waals surface area (Å²) in [5.41, 5.74) is 1.40. The number of carbonyl (C=O) groups excluding carboxylic acids is 1. The standard InChI is InChI=1S/C21H24Cl2N6O3S2/c1-12(2)34(31,32)20-16(7-8-33-20)26-19-15(23)10-24-21(28-19)27-17-9-13(5-6-14(17)22)25-18(30)11-29(3)4/h5-10,12H,11H2,1-4H3,(H,25,30)(H2,24,26,27,28). The Bertz CT molecular complexity index is 1300. The van der Waals surface area contributed by atoms with E-state index in [0.29, 0.717) is 22.1 Å². The summed E-state index contributed by atoms with van der Waals surface area (Å²) in [5.74, 6) is 0.230. The highest BCUT2D eigenvalue weighted by Gasteiger charge is 2.25. The van der Waals surface area contributed by atoms with E-state index in [2.05, 4.69) is 25.9 Å². The summed E-state index contributed by atoms with van der Waals surface area (Å²) in [7, 11) is 0.117. The quantitative estimate of drug-likeness (QED) is 0.345. The second-order valence-electron chi connectivity index (χ2n) is 7.84. The fourth-order valence-electron chi connectivity index (χ4n) is 2.77. The molecule has 2 heterocycles. The van der Waals surface area contributed by atoms with Gasteiger partial charge in [-0.1, -0.05) is 23.2 Å². The molecule has 0 saturated heterocycles. The summed E-state index contributed by atoms with van der Waals surface area (Å²) in [4.78, 5) is 22.4. The maximum Gasteiger partial charge on any atom is 0.238 e. The highest BCUT2D eigenvalue weighted by atomic mass is 35.5. The SMILES string of the molecule is CC(C)S(=O)(=O)c1sccc1Nc1nc(Nc2cc(NC(=O)CN(C)C)ccc2Cl)ncc1Cl. The molecule has 3 aromatic rings. The first-order valence-corrected chi connectivity index (χ1v) is 13.3. The molecule has 13 heteroatoms. The minimum Gasteiger partial charge on any atom is -0.337 e. The zero-order valence-electron chi connectivity index (χ0n) is 18.9. The summed E-state index contributed by atoms with van der Waals surface area (Å²) in [6.07, 6.45) is 1.39. The number of benzene rings is 1. The number of carbonyl (C=O) groups is 1. The third kappa shape index (κ3) is 6.36. The molecule has 0 atom stereocenters. The Balaban J connectivity index is 1.84. The van der Waals surface area contributed by atoms with Crippen LogP contribution in [0, 0.1) is 0 Å². The van der Waals surface area contributed by atoms with E-state index in [1.165, 1.54) is 6.20 Å². The third-order valence-corrected chi connectivity index (χ3v) is 8.74. The third-order valence-electron chi connectivity index (χ3n) is 4.46. The normalized spacial score (nSPS) is 11.6. The van der Waals surface area contributed by atoms with Gasteiger partial charge in [0.25, 0.3) is 0 Å². The monoisotopic (exact) mass is 542 g/mol. The number of hydrogen-bond acceptors (Lipinski definition) is 9. The number of amides is 1. The van der Waals surface area contributed by atoms with Crippen molar-refractivity contribution in [2.45, 2.75) is 23.3 Å². The van der Waals surface area contributed by atoms with Crippen molar-refractivity contribution in [2.24, 2.45) is 0 Å². The highest BCUT2D eigenvalue weighted by molar-refractivity contribution is 7.94. The van der Waals surface area contributed by atoms with Crippen LogP contribution in [-0.4, -0.2) is 55.1 Å². The van der Waals surface area contributed by atoms with Crippen LogP contribution in [0.1, 0.15) is 13.8 Å². The van der Waals surface area contributed by atoms with E-state index in [4.69, 9.17) is 23.2 Å². The van der Waals surface area contributed by atoms with Gasteiger partial charge in [0.05, 0.1) is 34.4 Å². The van der Waals surface area contributed by atoms with Crippen LogP contribution in [0.25, 0.3) is 0 Å². The van der Waals surface area contributed by atoms with Gasteiger partial charge in [-0.15, -0.1) is 11.3 Å². The summed E-state index contributed by atoms with van der Waals surface area (Å²) in [6.45, 7) is 3.48. The van der Waals surface area contributed by atoms with Crippen LogP contribution in [0.2, 0.25) is 10.0 Å². The van der Waals surface area contributed by atoms with Crippen LogP contribution >= 0.6 is 34.5 Å². The molecule has 1 aromatic carbocycles. The maximum absolute atomic E-state index is 12.6. The molecule has 0 aliphatic heterocycles. The number of nitrogens with zero attached hydrogens (tertiary/aromatic N) is 3. The Morgan fingerprint density at radius 1 is 1.12 bits per heavy atom. The summed E-state index contributed by atoms with van der Waals surface area (Å²) in [5, 5.41) is 10.5. The van der Waals surface area contributed by atoms with Gasteiger partial charge in [0, 0.05) is 5.69 Å². The Morgan fingerprint density at radius 3 is 2.53 bits per heavy atom. The molecule has 0 aliphatic rings. The van der Waals surface area contributed by atoms with Crippen LogP contribution in [-0.2, 0) is 14.6 Å². The first-order chi connectivity index (χ1) is 16.0. The van der Waals surface area contributed by atoms with Gasteiger partial charge in [0.15, 0.2) is 15.7 Å². The van der Waals surface area contributed by atoms with Crippen LogP contribution in [0.3, 0.4) is 0 Å². The van der Waals surface area contributed by atoms with Gasteiger partial charge >= 0.3 is 0 Å². The minimum absolute atomic E-state index is 0.171. The van der Waals surface area contributed by atoms with Gasteiger partial charge in [0.2, 0.25) is 11.9 Å². The van der Waals surface area contributed by atoms with Gasteiger partial charge < -0.3 is 20.9 Å². The number of halogens is 2. The molecule has 3 rings (SSSR count). The molecule has 1 amide bonds. The molecule has 9 nitrogen and oxygen atoms in total. The molecule has 0 unspecified atom stereocenters. The number of nitrogens with one attached hydrogen (secondary N) is 3. The second kappa shape index (κ2) is 10.9. The number of anilines is 5. The van der Waals surface area contributed by atoms with Crippen molar-refractivity contribution >= 4 is 79.1 Å². The molecule has 2 aromatic heterocycles. The minimum atomic E-state index is -3.48. The summed E-state index contributed by atoms with van der Waals surface area (Å²) >= 11 is 13.7. The second-order valence-corrected chi connectivity index (χ2v) is 12.3. The zero-order chi connectivity index (χ0) is 25.0. The summed E-state index contributed by atoms with van der Waals surface area (Å²) < 4.78 is 25.5. The van der Waals surface area contributed by atoms with Gasteiger partial charge in [-0.2, -0.15) is 4.98 Å². The van der Waals surface area contributed by atoms with E-state index in [1.54, 1.807) is 62.5 Å². The van der Waals surface area contributed by atoms with Crippen molar-refractivity contribution in [3.63, 3.8) is 0 Å². The lowest BCUT2D eigenvalue weighted by molar-refractivity contribution is -0.116. The summed E-state index contributed by atoms with van der Waals surface area (Å²) in [6, 6.07) is 6.64. The van der Waals surface area contributed by atoms with Crippen molar-refractivity contribution in [3.05, 3.63) is 45.9 Å². The van der Waals surface area contributed by atoms with Crippen molar-refractivity contribution in [1.82, 2.24) is 14.9 Å². The Kier molecular flexibility index (Phi) is 8.37. The number of likely N-dealkylation sites (N-methyl/N-ethyl adjacent to an activating group) is 1. The smallest absolute Gasteiger partial charge is 0.238 e. The van der Waals surface area contributed by atoms with Crippen molar-refractivity contribution < 1.29 is 13.2 Å². The number of rotatable bonds is 9. The van der Waals surface area contributed by atoms with Gasteiger partial charge in [-0.3, -0.25) is 4.79 Å². The molecule has 3 N–H and O–H groups in total. The van der Waals surface area contributed by atoms with E-state index in [-0.39, 0.29) is 33.4 Å². The molecule has 0 bridgehead atoms. The lowest BCUT2D eigenvalue weighted by Gasteiger charge is -2.14. The van der Waals surface area contributed by atoms with Crippen LogP contribution in [0.4, 0.5) is 28.8 Å².